The van der Waals surface area contributed by atoms with Gasteiger partial charge in [0.05, 0.1) is 0 Å². The van der Waals surface area contributed by atoms with Crippen molar-refractivity contribution in [2.45, 2.75) is 9.79 Å². The molecule has 1 aliphatic rings. The summed E-state index contributed by atoms with van der Waals surface area (Å²) in [5.41, 5.74) is 0. The summed E-state index contributed by atoms with van der Waals surface area (Å²) in [6.07, 6.45) is 4.69. The molecule has 17 heavy (non-hydrogen) atoms. The first-order valence-corrected chi connectivity index (χ1v) is 7.93. The Morgan fingerprint density at radius 2 is 1.00 bits per heavy atom. The Balaban J connectivity index is 2.12. The highest BCUT2D eigenvalue weighted by Crippen LogP contribution is 2.64. The Morgan fingerprint density at radius 3 is 1.41 bits per heavy atom. The van der Waals surface area contributed by atoms with Gasteiger partial charge in [0.1, 0.15) is 0 Å². The van der Waals surface area contributed by atoms with E-state index >= 15 is 0 Å². The fourth-order valence-corrected chi connectivity index (χ4v) is 5.88. The third-order valence-electron chi connectivity index (χ3n) is 3.32. The van der Waals surface area contributed by atoms with Crippen LogP contribution < -0.4 is 0 Å². The average Bonchev–Trinajstić information content (AvgIpc) is 2.91. The maximum atomic E-state index is 2.34. The van der Waals surface area contributed by atoms with E-state index in [1.807, 2.05) is 0 Å². The molecule has 0 radical (unpaired) electrons. The van der Waals surface area contributed by atoms with E-state index in [2.05, 4.69) is 72.8 Å². The molecule has 0 saturated heterocycles. The third kappa shape index (κ3) is 1.81. The molecule has 86 valence electrons. The van der Waals surface area contributed by atoms with Gasteiger partial charge < -0.3 is 0 Å². The first-order chi connectivity index (χ1) is 8.42. The Kier molecular flexibility index (Phi) is 2.77. The minimum absolute atomic E-state index is 0.830. The Hall–Kier alpha value is -1.47. The molecule has 0 atom stereocenters. The van der Waals surface area contributed by atoms with Crippen LogP contribution in [0.5, 0.6) is 0 Å². The fraction of sp³-hybridized carbons (Fsp3) is 0.125. The highest BCUT2D eigenvalue weighted by molar-refractivity contribution is 8.34. The van der Waals surface area contributed by atoms with Gasteiger partial charge in [-0.05, 0) is 34.1 Å². The SMILES string of the molecule is C1=CCS(c2ccccc2)(c2ccccc2)C1. The van der Waals surface area contributed by atoms with Crippen molar-refractivity contribution in [1.82, 2.24) is 0 Å². The molecule has 0 aliphatic carbocycles. The second-order valence-corrected chi connectivity index (χ2v) is 7.69. The van der Waals surface area contributed by atoms with Crippen molar-refractivity contribution in [2.24, 2.45) is 0 Å². The summed E-state index contributed by atoms with van der Waals surface area (Å²) in [7, 11) is -0.830. The number of hydrogen-bond donors (Lipinski definition) is 0. The molecule has 3 rings (SSSR count). The van der Waals surface area contributed by atoms with Crippen LogP contribution in [0.3, 0.4) is 0 Å². The molecule has 2 aromatic rings. The molecule has 0 amide bonds. The Labute approximate surface area is 104 Å². The summed E-state index contributed by atoms with van der Waals surface area (Å²) < 4.78 is 0. The molecule has 1 heterocycles. The molecular weight excluding hydrogens is 224 g/mol. The van der Waals surface area contributed by atoms with Gasteiger partial charge in [-0.2, -0.15) is 10.0 Å². The van der Waals surface area contributed by atoms with Crippen molar-refractivity contribution < 1.29 is 0 Å². The van der Waals surface area contributed by atoms with E-state index < -0.39 is 10.0 Å². The molecule has 0 unspecified atom stereocenters. The third-order valence-corrected chi connectivity index (χ3v) is 7.19. The van der Waals surface area contributed by atoms with Crippen molar-refractivity contribution in [1.29, 1.82) is 0 Å². The summed E-state index contributed by atoms with van der Waals surface area (Å²) in [6, 6.07) is 22.0. The lowest BCUT2D eigenvalue weighted by molar-refractivity contribution is 1.34. The van der Waals surface area contributed by atoms with Gasteiger partial charge in [0.2, 0.25) is 0 Å². The zero-order chi connectivity index (χ0) is 11.6. The molecule has 0 saturated carbocycles. The molecule has 2 aromatic carbocycles. The predicted molar refractivity (Wildman–Crippen MR) is 75.9 cm³/mol. The summed E-state index contributed by atoms with van der Waals surface area (Å²) in [5.74, 6) is 2.39. The summed E-state index contributed by atoms with van der Waals surface area (Å²) >= 11 is 0. The van der Waals surface area contributed by atoms with Gasteiger partial charge in [-0.25, -0.2) is 0 Å². The molecule has 0 fully saturated rings. The van der Waals surface area contributed by atoms with Crippen molar-refractivity contribution in [2.75, 3.05) is 11.5 Å². The molecular formula is C16H16S. The first-order valence-electron chi connectivity index (χ1n) is 5.96. The standard InChI is InChI=1S/C16H16S/c1-3-9-15(10-4-1)17(13-7-8-14-17)16-11-5-2-6-12-16/h1-12H,13-14H2. The second-order valence-electron chi connectivity index (χ2n) is 4.31. The normalized spacial score (nSPS) is 19.1. The maximum Gasteiger partial charge on any atom is 0.00352 e. The zero-order valence-corrected chi connectivity index (χ0v) is 10.6. The molecule has 0 aromatic heterocycles. The number of benzene rings is 2. The van der Waals surface area contributed by atoms with Gasteiger partial charge in [-0.3, -0.25) is 0 Å². The van der Waals surface area contributed by atoms with Crippen LogP contribution in [-0.2, 0) is 0 Å². The Morgan fingerprint density at radius 1 is 0.588 bits per heavy atom. The van der Waals surface area contributed by atoms with E-state index in [1.165, 1.54) is 21.3 Å². The fourth-order valence-electron chi connectivity index (χ4n) is 2.42. The predicted octanol–water partition coefficient (Wildman–Crippen LogP) is 4.48. The van der Waals surface area contributed by atoms with Crippen LogP contribution in [0.4, 0.5) is 0 Å². The lowest BCUT2D eigenvalue weighted by atomic mass is 10.4. The molecule has 1 aliphatic heterocycles. The van der Waals surface area contributed by atoms with Crippen molar-refractivity contribution in [3.8, 4) is 0 Å². The first kappa shape index (κ1) is 10.7. The van der Waals surface area contributed by atoms with Crippen LogP contribution in [0, 0.1) is 0 Å². The van der Waals surface area contributed by atoms with E-state index in [0.29, 0.717) is 0 Å². The molecule has 1 heteroatoms. The average molecular weight is 240 g/mol. The van der Waals surface area contributed by atoms with Gasteiger partial charge in [0.25, 0.3) is 0 Å². The lowest BCUT2D eigenvalue weighted by Crippen LogP contribution is -2.04. The Bertz CT molecular complexity index is 464. The summed E-state index contributed by atoms with van der Waals surface area (Å²) in [4.78, 5) is 3.02. The van der Waals surface area contributed by atoms with Gasteiger partial charge >= 0.3 is 0 Å². The topological polar surface area (TPSA) is 0 Å². The van der Waals surface area contributed by atoms with E-state index in [1.54, 1.807) is 0 Å². The minimum Gasteiger partial charge on any atom is -0.181 e. The highest BCUT2D eigenvalue weighted by Gasteiger charge is 2.28. The van der Waals surface area contributed by atoms with Crippen LogP contribution in [0.2, 0.25) is 0 Å². The highest BCUT2D eigenvalue weighted by atomic mass is 32.3. The molecule has 0 N–H and O–H groups in total. The van der Waals surface area contributed by atoms with Gasteiger partial charge in [0.15, 0.2) is 0 Å². The van der Waals surface area contributed by atoms with Crippen LogP contribution in [0.1, 0.15) is 0 Å². The summed E-state index contributed by atoms with van der Waals surface area (Å²) in [6.45, 7) is 0. The van der Waals surface area contributed by atoms with Crippen molar-refractivity contribution in [3.63, 3.8) is 0 Å². The zero-order valence-electron chi connectivity index (χ0n) is 9.75. The van der Waals surface area contributed by atoms with Gasteiger partial charge in [0, 0.05) is 11.5 Å². The van der Waals surface area contributed by atoms with Crippen LogP contribution in [0.15, 0.2) is 82.6 Å². The van der Waals surface area contributed by atoms with Crippen LogP contribution >= 0.6 is 10.0 Å². The van der Waals surface area contributed by atoms with E-state index in [4.69, 9.17) is 0 Å². The minimum atomic E-state index is -0.830. The van der Waals surface area contributed by atoms with Crippen molar-refractivity contribution >= 4 is 10.0 Å². The molecule has 0 bridgehead atoms. The van der Waals surface area contributed by atoms with E-state index in [-0.39, 0.29) is 0 Å². The number of hydrogen-bond acceptors (Lipinski definition) is 0. The van der Waals surface area contributed by atoms with E-state index in [9.17, 15) is 0 Å². The quantitative estimate of drug-likeness (QED) is 0.679. The maximum absolute atomic E-state index is 2.34. The largest absolute Gasteiger partial charge is 0.181 e. The smallest absolute Gasteiger partial charge is 0.00352 e. The lowest BCUT2D eigenvalue weighted by Gasteiger charge is -2.36. The van der Waals surface area contributed by atoms with E-state index in [0.717, 1.165) is 0 Å². The van der Waals surface area contributed by atoms with Crippen molar-refractivity contribution in [3.05, 3.63) is 72.8 Å². The second kappa shape index (κ2) is 4.42. The monoisotopic (exact) mass is 240 g/mol. The van der Waals surface area contributed by atoms with Crippen LogP contribution in [0.25, 0.3) is 0 Å². The van der Waals surface area contributed by atoms with Gasteiger partial charge in [-0.15, -0.1) is 0 Å². The summed E-state index contributed by atoms with van der Waals surface area (Å²) in [5, 5.41) is 0. The number of rotatable bonds is 2. The molecule has 0 spiro atoms. The van der Waals surface area contributed by atoms with Crippen LogP contribution in [-0.4, -0.2) is 11.5 Å². The molecule has 0 nitrogen and oxygen atoms in total. The van der Waals surface area contributed by atoms with Gasteiger partial charge in [-0.1, -0.05) is 48.6 Å².